The molecule has 0 saturated carbocycles. The first-order valence-electron chi connectivity index (χ1n) is 6.76. The first-order valence-corrected chi connectivity index (χ1v) is 6.76. The normalized spacial score (nSPS) is 10.8. The predicted molar refractivity (Wildman–Crippen MR) is 75.0 cm³/mol. The molecule has 0 aliphatic heterocycles. The van der Waals surface area contributed by atoms with E-state index in [1.807, 2.05) is 0 Å². The van der Waals surface area contributed by atoms with Gasteiger partial charge in [-0.05, 0) is 24.1 Å². The van der Waals surface area contributed by atoms with Crippen LogP contribution in [0.4, 0.5) is 8.78 Å². The van der Waals surface area contributed by atoms with Crippen LogP contribution in [-0.4, -0.2) is 34.6 Å². The molecule has 23 heavy (non-hydrogen) atoms. The van der Waals surface area contributed by atoms with Crippen molar-refractivity contribution in [1.29, 1.82) is 0 Å². The predicted octanol–water partition coefficient (Wildman–Crippen LogP) is 1.56. The van der Waals surface area contributed by atoms with Crippen LogP contribution in [0.15, 0.2) is 33.6 Å². The number of aromatic nitrogens is 2. The second kappa shape index (κ2) is 7.52. The Morgan fingerprint density at radius 3 is 2.91 bits per heavy atom. The lowest BCUT2D eigenvalue weighted by atomic mass is 10.1. The highest BCUT2D eigenvalue weighted by molar-refractivity contribution is 5.76. The Morgan fingerprint density at radius 1 is 1.48 bits per heavy atom. The molecular formula is C14H15F2N3O4. The number of aryl methyl sites for hydroxylation is 1. The minimum Gasteiger partial charge on any atom is -0.435 e. The summed E-state index contributed by atoms with van der Waals surface area (Å²) in [6.07, 6.45) is 0.551. The molecular weight excluding hydrogens is 312 g/mol. The van der Waals surface area contributed by atoms with Crippen LogP contribution >= 0.6 is 0 Å². The van der Waals surface area contributed by atoms with Gasteiger partial charge in [0.1, 0.15) is 5.75 Å². The zero-order valence-electron chi connectivity index (χ0n) is 12.3. The van der Waals surface area contributed by atoms with Gasteiger partial charge < -0.3 is 9.64 Å². The molecule has 2 aromatic rings. The van der Waals surface area contributed by atoms with Crippen LogP contribution in [-0.2, 0) is 17.8 Å². The van der Waals surface area contributed by atoms with Gasteiger partial charge in [-0.3, -0.25) is 14.3 Å². The molecule has 7 nitrogen and oxygen atoms in total. The molecule has 0 bridgehead atoms. The third-order valence-electron chi connectivity index (χ3n) is 3.05. The number of rotatable bonds is 7. The average Bonchev–Trinajstić information content (AvgIpc) is 2.89. The van der Waals surface area contributed by atoms with Crippen LogP contribution in [0.2, 0.25) is 0 Å². The first kappa shape index (κ1) is 16.7. The number of alkyl halides is 2. The fraction of sp³-hybridized carbons (Fsp3) is 0.357. The molecule has 124 valence electrons. The maximum absolute atomic E-state index is 12.2. The summed E-state index contributed by atoms with van der Waals surface area (Å²) in [6.45, 7) is -2.78. The summed E-state index contributed by atoms with van der Waals surface area (Å²) >= 11 is 0. The van der Waals surface area contributed by atoms with Crippen molar-refractivity contribution >= 4 is 5.91 Å². The van der Waals surface area contributed by atoms with E-state index in [1.54, 1.807) is 19.2 Å². The molecule has 0 atom stereocenters. The van der Waals surface area contributed by atoms with E-state index in [0.717, 1.165) is 0 Å². The molecule has 0 aliphatic carbocycles. The molecule has 9 heteroatoms. The van der Waals surface area contributed by atoms with Crippen molar-refractivity contribution in [3.05, 3.63) is 46.2 Å². The number of carbonyl (C=O) groups is 1. The Morgan fingerprint density at radius 2 is 2.26 bits per heavy atom. The number of hydrogen-bond donors (Lipinski definition) is 1. The maximum Gasteiger partial charge on any atom is 0.438 e. The van der Waals surface area contributed by atoms with Gasteiger partial charge in [0.05, 0.1) is 6.54 Å². The molecule has 2 rings (SSSR count). The highest BCUT2D eigenvalue weighted by atomic mass is 19.3. The number of H-pyrrole nitrogens is 1. The minimum absolute atomic E-state index is 0.0541. The van der Waals surface area contributed by atoms with E-state index in [-0.39, 0.29) is 30.4 Å². The molecule has 1 heterocycles. The van der Waals surface area contributed by atoms with Crippen LogP contribution in [0, 0.1) is 0 Å². The summed E-state index contributed by atoms with van der Waals surface area (Å²) < 4.78 is 33.0. The molecule has 0 unspecified atom stereocenters. The number of benzene rings is 1. The topological polar surface area (TPSA) is 88.4 Å². The fourth-order valence-electron chi connectivity index (χ4n) is 1.96. The van der Waals surface area contributed by atoms with E-state index in [2.05, 4.69) is 19.4 Å². The summed E-state index contributed by atoms with van der Waals surface area (Å²) in [5.74, 6) is -0.567. The molecule has 0 aliphatic rings. The van der Waals surface area contributed by atoms with Crippen LogP contribution in [0.5, 0.6) is 5.75 Å². The lowest BCUT2D eigenvalue weighted by Crippen LogP contribution is -2.27. The number of nitrogens with zero attached hydrogens (tertiary/aromatic N) is 2. The number of ether oxygens (including phenoxy) is 1. The van der Waals surface area contributed by atoms with Gasteiger partial charge in [0.25, 0.3) is 0 Å². The SMILES string of the molecule is CN(Cc1noc(=O)[nH]1)C(=O)CCc1cccc(OC(F)F)c1. The van der Waals surface area contributed by atoms with E-state index in [1.165, 1.54) is 17.0 Å². The summed E-state index contributed by atoms with van der Waals surface area (Å²) in [5.41, 5.74) is 0.708. The van der Waals surface area contributed by atoms with Gasteiger partial charge in [0.15, 0.2) is 5.82 Å². The molecule has 0 fully saturated rings. The number of carbonyl (C=O) groups excluding carboxylic acids is 1. The summed E-state index contributed by atoms with van der Waals surface area (Å²) in [7, 11) is 1.56. The maximum atomic E-state index is 12.2. The van der Waals surface area contributed by atoms with E-state index in [0.29, 0.717) is 12.0 Å². The number of nitrogens with one attached hydrogen (secondary N) is 1. The molecule has 1 aromatic heterocycles. The van der Waals surface area contributed by atoms with Crippen molar-refractivity contribution in [1.82, 2.24) is 15.0 Å². The van der Waals surface area contributed by atoms with Gasteiger partial charge in [-0.2, -0.15) is 8.78 Å². The molecule has 1 amide bonds. The fourth-order valence-corrected chi connectivity index (χ4v) is 1.96. The smallest absolute Gasteiger partial charge is 0.435 e. The van der Waals surface area contributed by atoms with Gasteiger partial charge in [-0.15, -0.1) is 0 Å². The van der Waals surface area contributed by atoms with Crippen molar-refractivity contribution in [2.75, 3.05) is 7.05 Å². The second-order valence-electron chi connectivity index (χ2n) is 4.82. The zero-order valence-corrected chi connectivity index (χ0v) is 12.3. The van der Waals surface area contributed by atoms with E-state index in [4.69, 9.17) is 0 Å². The Hall–Kier alpha value is -2.71. The van der Waals surface area contributed by atoms with Gasteiger partial charge in [0.2, 0.25) is 5.91 Å². The van der Waals surface area contributed by atoms with Crippen molar-refractivity contribution in [2.24, 2.45) is 0 Å². The van der Waals surface area contributed by atoms with Crippen molar-refractivity contribution in [3.8, 4) is 5.75 Å². The van der Waals surface area contributed by atoms with Gasteiger partial charge in [-0.1, -0.05) is 17.3 Å². The van der Waals surface area contributed by atoms with Gasteiger partial charge in [-0.25, -0.2) is 4.79 Å². The molecule has 1 N–H and O–H groups in total. The highest BCUT2D eigenvalue weighted by Gasteiger charge is 2.12. The average molecular weight is 327 g/mol. The Balaban J connectivity index is 1.87. The third-order valence-corrected chi connectivity index (χ3v) is 3.05. The van der Waals surface area contributed by atoms with Crippen molar-refractivity contribution < 1.29 is 22.8 Å². The van der Waals surface area contributed by atoms with E-state index in [9.17, 15) is 18.4 Å². The van der Waals surface area contributed by atoms with E-state index < -0.39 is 12.4 Å². The largest absolute Gasteiger partial charge is 0.438 e. The van der Waals surface area contributed by atoms with Crippen molar-refractivity contribution in [3.63, 3.8) is 0 Å². The summed E-state index contributed by atoms with van der Waals surface area (Å²) in [4.78, 5) is 26.6. The molecule has 1 aromatic carbocycles. The number of amides is 1. The van der Waals surface area contributed by atoms with E-state index >= 15 is 0 Å². The quantitative estimate of drug-likeness (QED) is 0.833. The molecule has 0 spiro atoms. The Kier molecular flexibility index (Phi) is 5.45. The first-order chi connectivity index (χ1) is 10.9. The van der Waals surface area contributed by atoms with Crippen LogP contribution < -0.4 is 10.5 Å². The lowest BCUT2D eigenvalue weighted by Gasteiger charge is -2.15. The molecule has 0 radical (unpaired) electrons. The minimum atomic E-state index is -2.89. The van der Waals surface area contributed by atoms with Crippen LogP contribution in [0.1, 0.15) is 17.8 Å². The highest BCUT2D eigenvalue weighted by Crippen LogP contribution is 2.17. The van der Waals surface area contributed by atoms with Crippen LogP contribution in [0.3, 0.4) is 0 Å². The lowest BCUT2D eigenvalue weighted by molar-refractivity contribution is -0.130. The van der Waals surface area contributed by atoms with Gasteiger partial charge >= 0.3 is 12.4 Å². The Labute approximate surface area is 129 Å². The van der Waals surface area contributed by atoms with Crippen molar-refractivity contribution in [2.45, 2.75) is 26.0 Å². The second-order valence-corrected chi connectivity index (χ2v) is 4.82. The zero-order chi connectivity index (χ0) is 16.8. The Bertz CT molecular complexity index is 714. The number of hydrogen-bond acceptors (Lipinski definition) is 5. The summed E-state index contributed by atoms with van der Waals surface area (Å²) in [5, 5.41) is 3.47. The third kappa shape index (κ3) is 5.20. The van der Waals surface area contributed by atoms with Gasteiger partial charge in [0, 0.05) is 13.5 Å². The molecule has 0 saturated heterocycles. The number of aromatic amines is 1. The van der Waals surface area contributed by atoms with Crippen LogP contribution in [0.25, 0.3) is 0 Å². The standard InChI is InChI=1S/C14H15F2N3O4/c1-19(8-11-17-14(21)23-18-11)12(20)6-5-9-3-2-4-10(7-9)22-13(15)16/h2-4,7,13H,5-6,8H2,1H3,(H,17,18,21). The summed E-state index contributed by atoms with van der Waals surface area (Å²) in [6, 6.07) is 6.20. The number of halogens is 2. The monoisotopic (exact) mass is 327 g/mol.